The van der Waals surface area contributed by atoms with E-state index in [4.69, 9.17) is 0 Å². The van der Waals surface area contributed by atoms with Crippen LogP contribution in [-0.4, -0.2) is 10.9 Å². The lowest BCUT2D eigenvalue weighted by Crippen LogP contribution is -1.93. The number of carbonyl (C=O) groups is 1. The Balaban J connectivity index is 2.83. The van der Waals surface area contributed by atoms with Crippen molar-refractivity contribution in [2.45, 2.75) is 13.3 Å². The maximum atomic E-state index is 10.8. The number of fused-ring (bicyclic) bond motifs is 1. The van der Waals surface area contributed by atoms with Gasteiger partial charge in [0.15, 0.2) is 6.29 Å². The summed E-state index contributed by atoms with van der Waals surface area (Å²) in [4.78, 5) is 10.8. The summed E-state index contributed by atoms with van der Waals surface area (Å²) in [5.41, 5.74) is 3.17. The minimum absolute atomic E-state index is 0.776. The quantitative estimate of drug-likeness (QED) is 0.662. The standard InChI is InChI=1S/C12H13NO/c1-3-10-7-11-9(8-14)5-4-6-12(11)13(10)2/h4-8H,3H2,1-2H3. The lowest BCUT2D eigenvalue weighted by molar-refractivity contribution is 0.112. The van der Waals surface area contributed by atoms with Gasteiger partial charge >= 0.3 is 0 Å². The summed E-state index contributed by atoms with van der Waals surface area (Å²) >= 11 is 0. The Morgan fingerprint density at radius 2 is 2.21 bits per heavy atom. The second kappa shape index (κ2) is 3.29. The molecule has 0 unspecified atom stereocenters. The molecule has 2 nitrogen and oxygen atoms in total. The summed E-state index contributed by atoms with van der Waals surface area (Å²) in [5, 5.41) is 1.06. The third-order valence-corrected chi connectivity index (χ3v) is 2.71. The third-order valence-electron chi connectivity index (χ3n) is 2.71. The van der Waals surface area contributed by atoms with E-state index in [1.165, 1.54) is 5.69 Å². The topological polar surface area (TPSA) is 22.0 Å². The molecular formula is C12H13NO. The Morgan fingerprint density at radius 3 is 2.86 bits per heavy atom. The van der Waals surface area contributed by atoms with Crippen LogP contribution >= 0.6 is 0 Å². The van der Waals surface area contributed by atoms with Crippen molar-refractivity contribution in [2.75, 3.05) is 0 Å². The number of benzene rings is 1. The van der Waals surface area contributed by atoms with E-state index < -0.39 is 0 Å². The third kappa shape index (κ3) is 1.15. The highest BCUT2D eigenvalue weighted by Gasteiger charge is 2.06. The highest BCUT2D eigenvalue weighted by molar-refractivity contribution is 5.97. The Hall–Kier alpha value is -1.57. The highest BCUT2D eigenvalue weighted by Crippen LogP contribution is 2.21. The van der Waals surface area contributed by atoms with Crippen LogP contribution in [0.1, 0.15) is 23.0 Å². The molecule has 14 heavy (non-hydrogen) atoms. The van der Waals surface area contributed by atoms with E-state index in [9.17, 15) is 4.79 Å². The van der Waals surface area contributed by atoms with Crippen molar-refractivity contribution in [3.63, 3.8) is 0 Å². The van der Waals surface area contributed by atoms with Gasteiger partial charge in [0, 0.05) is 29.2 Å². The first-order valence-electron chi connectivity index (χ1n) is 4.80. The molecule has 0 N–H and O–H groups in total. The molecule has 0 saturated carbocycles. The van der Waals surface area contributed by atoms with E-state index in [0.717, 1.165) is 29.2 Å². The molecule has 1 aromatic carbocycles. The maximum Gasteiger partial charge on any atom is 0.150 e. The van der Waals surface area contributed by atoms with Crippen LogP contribution in [-0.2, 0) is 13.5 Å². The average Bonchev–Trinajstić information content (AvgIpc) is 2.55. The van der Waals surface area contributed by atoms with E-state index in [1.807, 2.05) is 25.2 Å². The summed E-state index contributed by atoms with van der Waals surface area (Å²) in [5.74, 6) is 0. The van der Waals surface area contributed by atoms with E-state index in [-0.39, 0.29) is 0 Å². The maximum absolute atomic E-state index is 10.8. The lowest BCUT2D eigenvalue weighted by Gasteiger charge is -2.00. The number of rotatable bonds is 2. The molecule has 2 rings (SSSR count). The molecule has 0 aliphatic heterocycles. The van der Waals surface area contributed by atoms with E-state index in [2.05, 4.69) is 17.6 Å². The molecule has 1 heterocycles. The summed E-state index contributed by atoms with van der Waals surface area (Å²) in [6, 6.07) is 7.92. The molecule has 0 saturated heterocycles. The number of nitrogens with zero attached hydrogens (tertiary/aromatic N) is 1. The van der Waals surface area contributed by atoms with Gasteiger partial charge in [0.25, 0.3) is 0 Å². The molecule has 72 valence electrons. The molecule has 0 fully saturated rings. The number of aryl methyl sites for hydroxylation is 2. The van der Waals surface area contributed by atoms with Crippen LogP contribution in [0.5, 0.6) is 0 Å². The van der Waals surface area contributed by atoms with Crippen molar-refractivity contribution in [1.29, 1.82) is 0 Å². The fourth-order valence-corrected chi connectivity index (χ4v) is 1.88. The van der Waals surface area contributed by atoms with E-state index >= 15 is 0 Å². The van der Waals surface area contributed by atoms with Gasteiger partial charge in [0.1, 0.15) is 0 Å². The van der Waals surface area contributed by atoms with Gasteiger partial charge in [-0.3, -0.25) is 4.79 Å². The van der Waals surface area contributed by atoms with Gasteiger partial charge in [-0.1, -0.05) is 19.1 Å². The number of aldehydes is 1. The smallest absolute Gasteiger partial charge is 0.150 e. The minimum atomic E-state index is 0.776. The summed E-state index contributed by atoms with van der Waals surface area (Å²) in [6.07, 6.45) is 1.91. The van der Waals surface area contributed by atoms with Crippen LogP contribution in [0.3, 0.4) is 0 Å². The molecule has 0 aliphatic rings. The first kappa shape index (κ1) is 9.00. The molecule has 1 aromatic heterocycles. The predicted molar refractivity (Wildman–Crippen MR) is 57.7 cm³/mol. The van der Waals surface area contributed by atoms with Gasteiger partial charge in [0.05, 0.1) is 0 Å². The largest absolute Gasteiger partial charge is 0.348 e. The van der Waals surface area contributed by atoms with Gasteiger partial charge < -0.3 is 4.57 Å². The van der Waals surface area contributed by atoms with Crippen LogP contribution in [0.25, 0.3) is 10.9 Å². The summed E-state index contributed by atoms with van der Waals surface area (Å²) < 4.78 is 2.14. The van der Waals surface area contributed by atoms with Crippen LogP contribution in [0, 0.1) is 0 Å². The zero-order valence-corrected chi connectivity index (χ0v) is 8.45. The second-order valence-electron chi connectivity index (χ2n) is 3.45. The minimum Gasteiger partial charge on any atom is -0.348 e. The Kier molecular flexibility index (Phi) is 2.12. The molecule has 0 amide bonds. The molecule has 0 atom stereocenters. The van der Waals surface area contributed by atoms with Crippen LogP contribution < -0.4 is 0 Å². The van der Waals surface area contributed by atoms with Crippen LogP contribution in [0.2, 0.25) is 0 Å². The molecule has 0 aliphatic carbocycles. The first-order valence-corrected chi connectivity index (χ1v) is 4.80. The monoisotopic (exact) mass is 187 g/mol. The van der Waals surface area contributed by atoms with Crippen LogP contribution in [0.15, 0.2) is 24.3 Å². The van der Waals surface area contributed by atoms with Gasteiger partial charge in [-0.05, 0) is 18.6 Å². The fourth-order valence-electron chi connectivity index (χ4n) is 1.88. The SMILES string of the molecule is CCc1cc2c(C=O)cccc2n1C. The van der Waals surface area contributed by atoms with Crippen molar-refractivity contribution < 1.29 is 4.79 Å². The Morgan fingerprint density at radius 1 is 1.43 bits per heavy atom. The predicted octanol–water partition coefficient (Wildman–Crippen LogP) is 2.55. The van der Waals surface area contributed by atoms with Crippen molar-refractivity contribution >= 4 is 17.2 Å². The van der Waals surface area contributed by atoms with E-state index in [0.29, 0.717) is 0 Å². The zero-order chi connectivity index (χ0) is 10.1. The van der Waals surface area contributed by atoms with Crippen LogP contribution in [0.4, 0.5) is 0 Å². The Bertz CT molecular complexity index is 482. The number of hydrogen-bond donors (Lipinski definition) is 0. The molecule has 0 spiro atoms. The second-order valence-corrected chi connectivity index (χ2v) is 3.45. The first-order chi connectivity index (χ1) is 6.77. The van der Waals surface area contributed by atoms with Gasteiger partial charge in [0.2, 0.25) is 0 Å². The molecule has 0 bridgehead atoms. The van der Waals surface area contributed by atoms with Crippen molar-refractivity contribution in [1.82, 2.24) is 4.57 Å². The molecule has 0 radical (unpaired) electrons. The van der Waals surface area contributed by atoms with Gasteiger partial charge in [-0.25, -0.2) is 0 Å². The molecule has 2 heteroatoms. The van der Waals surface area contributed by atoms with Crippen molar-refractivity contribution in [3.8, 4) is 0 Å². The van der Waals surface area contributed by atoms with Crippen molar-refractivity contribution in [3.05, 3.63) is 35.5 Å². The average molecular weight is 187 g/mol. The number of aromatic nitrogens is 1. The normalized spacial score (nSPS) is 10.7. The summed E-state index contributed by atoms with van der Waals surface area (Å²) in [7, 11) is 2.04. The van der Waals surface area contributed by atoms with Crippen molar-refractivity contribution in [2.24, 2.45) is 7.05 Å². The van der Waals surface area contributed by atoms with E-state index in [1.54, 1.807) is 0 Å². The molecule has 2 aromatic rings. The highest BCUT2D eigenvalue weighted by atomic mass is 16.1. The summed E-state index contributed by atoms with van der Waals surface area (Å²) in [6.45, 7) is 2.12. The lowest BCUT2D eigenvalue weighted by atomic mass is 10.1. The number of hydrogen-bond acceptors (Lipinski definition) is 1. The molecular weight excluding hydrogens is 174 g/mol. The number of carbonyl (C=O) groups excluding carboxylic acids is 1. The fraction of sp³-hybridized carbons (Fsp3) is 0.250. The van der Waals surface area contributed by atoms with Gasteiger partial charge in [-0.15, -0.1) is 0 Å². The van der Waals surface area contributed by atoms with Gasteiger partial charge in [-0.2, -0.15) is 0 Å². The Labute approximate surface area is 83.2 Å². The zero-order valence-electron chi connectivity index (χ0n) is 8.45.